The number of nitrogens with one attached hydrogen (secondary N) is 1. The molecule has 0 radical (unpaired) electrons. The van der Waals surface area contributed by atoms with Gasteiger partial charge in [-0.3, -0.25) is 0 Å². The van der Waals surface area contributed by atoms with Crippen molar-refractivity contribution >= 4 is 40.0 Å². The molecule has 2 aromatic carbocycles. The van der Waals surface area contributed by atoms with E-state index in [0.717, 1.165) is 57.2 Å². The van der Waals surface area contributed by atoms with Crippen LogP contribution in [0, 0.1) is 5.82 Å². The first-order valence-electron chi connectivity index (χ1n) is 13.2. The van der Waals surface area contributed by atoms with Crippen molar-refractivity contribution in [2.75, 3.05) is 52.7 Å². The molecule has 0 spiro atoms. The van der Waals surface area contributed by atoms with Gasteiger partial charge in [0.05, 0.1) is 23.8 Å². The number of likely N-dealkylation sites (N-methyl/N-ethyl adjacent to an activating group) is 1. The van der Waals surface area contributed by atoms with Crippen LogP contribution in [0.25, 0.3) is 10.9 Å². The van der Waals surface area contributed by atoms with Crippen LogP contribution in [-0.4, -0.2) is 90.2 Å². The summed E-state index contributed by atoms with van der Waals surface area (Å²) in [5.41, 5.74) is 1.28. The van der Waals surface area contributed by atoms with Gasteiger partial charge >= 0.3 is 6.03 Å². The van der Waals surface area contributed by atoms with E-state index < -0.39 is 5.82 Å². The number of fused-ring (bicyclic) bond motifs is 1. The highest BCUT2D eigenvalue weighted by Crippen LogP contribution is 2.37. The van der Waals surface area contributed by atoms with Crippen molar-refractivity contribution < 1.29 is 18.7 Å². The van der Waals surface area contributed by atoms with Gasteiger partial charge < -0.3 is 29.5 Å². The van der Waals surface area contributed by atoms with Crippen LogP contribution in [0.5, 0.6) is 11.5 Å². The molecule has 5 rings (SSSR count). The number of hydrogen-bond donors (Lipinski definition) is 1. The summed E-state index contributed by atoms with van der Waals surface area (Å²) in [7, 11) is 5.61. The number of ether oxygens (including phenoxy) is 2. The van der Waals surface area contributed by atoms with E-state index in [1.165, 1.54) is 18.5 Å². The normalized spacial score (nSPS) is 20.1. The minimum atomic E-state index is -0.486. The summed E-state index contributed by atoms with van der Waals surface area (Å²) in [5, 5.41) is 3.96. The lowest BCUT2D eigenvalue weighted by atomic mass is 9.92. The summed E-state index contributed by atoms with van der Waals surface area (Å²) in [5.74, 6) is 1.24. The van der Waals surface area contributed by atoms with Gasteiger partial charge in [-0.2, -0.15) is 0 Å². The standard InChI is InChI=1S/C28H34ClFN6O3/c1-34-10-12-36(13-11-34)28(37)35(2)19-5-7-20(8-6-19)39-26-15-21-24(16-25(26)38-3)31-17-32-27(21)33-18-4-9-23(30)22(29)14-18/h4,9,14-17,19-20H,5-8,10-13H2,1-3H3,(H,31,32,33). The third-order valence-corrected chi connectivity index (χ3v) is 7.95. The third kappa shape index (κ3) is 6.12. The van der Waals surface area contributed by atoms with Gasteiger partial charge in [0.15, 0.2) is 11.5 Å². The fourth-order valence-electron chi connectivity index (χ4n) is 5.23. The Balaban J connectivity index is 1.27. The average molecular weight is 557 g/mol. The largest absolute Gasteiger partial charge is 0.493 e. The van der Waals surface area contributed by atoms with E-state index in [2.05, 4.69) is 27.2 Å². The zero-order valence-corrected chi connectivity index (χ0v) is 23.2. The number of hydrogen-bond acceptors (Lipinski definition) is 7. The van der Waals surface area contributed by atoms with Crippen molar-refractivity contribution in [3.05, 3.63) is 47.5 Å². The maximum absolute atomic E-state index is 13.6. The fraction of sp³-hybridized carbons (Fsp3) is 0.464. The van der Waals surface area contributed by atoms with E-state index in [1.807, 2.05) is 29.0 Å². The number of methoxy groups -OCH3 is 1. The van der Waals surface area contributed by atoms with Crippen LogP contribution in [0.2, 0.25) is 5.02 Å². The van der Waals surface area contributed by atoms with Gasteiger partial charge in [0.1, 0.15) is 18.0 Å². The molecule has 1 aliphatic heterocycles. The molecule has 2 aliphatic rings. The predicted octanol–water partition coefficient (Wildman–Crippen LogP) is 5.16. The summed E-state index contributed by atoms with van der Waals surface area (Å²) in [6.45, 7) is 3.37. The highest BCUT2D eigenvalue weighted by atomic mass is 35.5. The maximum Gasteiger partial charge on any atom is 0.320 e. The van der Waals surface area contributed by atoms with Crippen LogP contribution in [0.3, 0.4) is 0 Å². The molecule has 0 unspecified atom stereocenters. The van der Waals surface area contributed by atoms with Crippen molar-refractivity contribution in [2.24, 2.45) is 0 Å². The smallest absolute Gasteiger partial charge is 0.320 e. The minimum absolute atomic E-state index is 0.00307. The number of piperazine rings is 1. The highest BCUT2D eigenvalue weighted by molar-refractivity contribution is 6.31. The van der Waals surface area contributed by atoms with E-state index in [4.69, 9.17) is 21.1 Å². The minimum Gasteiger partial charge on any atom is -0.493 e. The number of anilines is 2. The van der Waals surface area contributed by atoms with E-state index >= 15 is 0 Å². The van der Waals surface area contributed by atoms with Gasteiger partial charge in [-0.15, -0.1) is 0 Å². The monoisotopic (exact) mass is 556 g/mol. The van der Waals surface area contributed by atoms with Crippen molar-refractivity contribution in [2.45, 2.75) is 37.8 Å². The summed E-state index contributed by atoms with van der Waals surface area (Å²) < 4.78 is 25.7. The fourth-order valence-corrected chi connectivity index (χ4v) is 5.41. The Bertz CT molecular complexity index is 1330. The summed E-state index contributed by atoms with van der Waals surface area (Å²) in [6, 6.07) is 8.42. The van der Waals surface area contributed by atoms with Crippen molar-refractivity contribution in [1.82, 2.24) is 24.7 Å². The molecule has 0 bridgehead atoms. The molecule has 2 amide bonds. The van der Waals surface area contributed by atoms with Crippen molar-refractivity contribution in [3.63, 3.8) is 0 Å². The van der Waals surface area contributed by atoms with Gasteiger partial charge in [0.25, 0.3) is 0 Å². The number of halogens is 2. The van der Waals surface area contributed by atoms with Crippen LogP contribution in [0.1, 0.15) is 25.7 Å². The SMILES string of the molecule is COc1cc2ncnc(Nc3ccc(F)c(Cl)c3)c2cc1OC1CCC(N(C)C(=O)N2CCN(C)CC2)CC1. The molecule has 1 aromatic heterocycles. The molecule has 0 atom stereocenters. The zero-order chi connectivity index (χ0) is 27.5. The number of amides is 2. The lowest BCUT2D eigenvalue weighted by molar-refractivity contribution is 0.0845. The molecule has 39 heavy (non-hydrogen) atoms. The molecule has 2 heterocycles. The first kappa shape index (κ1) is 27.2. The Morgan fingerprint density at radius 3 is 2.51 bits per heavy atom. The second-order valence-corrected chi connectivity index (χ2v) is 10.6. The molecule has 3 aromatic rings. The Morgan fingerprint density at radius 1 is 1.08 bits per heavy atom. The first-order valence-corrected chi connectivity index (χ1v) is 13.6. The Kier molecular flexibility index (Phi) is 8.23. The molecule has 2 fully saturated rings. The van der Waals surface area contributed by atoms with Crippen LogP contribution >= 0.6 is 11.6 Å². The van der Waals surface area contributed by atoms with E-state index in [1.54, 1.807) is 13.2 Å². The number of rotatable bonds is 6. The lowest BCUT2D eigenvalue weighted by Crippen LogP contribution is -2.53. The quantitative estimate of drug-likeness (QED) is 0.449. The lowest BCUT2D eigenvalue weighted by Gasteiger charge is -2.39. The van der Waals surface area contributed by atoms with E-state index in [0.29, 0.717) is 28.5 Å². The molecule has 1 saturated carbocycles. The molecule has 9 nitrogen and oxygen atoms in total. The van der Waals surface area contributed by atoms with Crippen LogP contribution in [0.4, 0.5) is 20.7 Å². The molecule has 208 valence electrons. The number of carbonyl (C=O) groups excluding carboxylic acids is 1. The average Bonchev–Trinajstić information content (AvgIpc) is 2.95. The Morgan fingerprint density at radius 2 is 1.82 bits per heavy atom. The zero-order valence-electron chi connectivity index (χ0n) is 22.5. The molecule has 1 N–H and O–H groups in total. The third-order valence-electron chi connectivity index (χ3n) is 7.66. The predicted molar refractivity (Wildman–Crippen MR) is 150 cm³/mol. The Hall–Kier alpha value is -3.37. The number of aromatic nitrogens is 2. The molecular weight excluding hydrogens is 523 g/mol. The number of nitrogens with zero attached hydrogens (tertiary/aromatic N) is 5. The van der Waals surface area contributed by atoms with Crippen LogP contribution < -0.4 is 14.8 Å². The summed E-state index contributed by atoms with van der Waals surface area (Å²) in [4.78, 5) is 27.9. The molecule has 1 aliphatic carbocycles. The van der Waals surface area contributed by atoms with Gasteiger partial charge in [0, 0.05) is 56.4 Å². The first-order chi connectivity index (χ1) is 18.8. The summed E-state index contributed by atoms with van der Waals surface area (Å²) >= 11 is 5.95. The van der Waals surface area contributed by atoms with Gasteiger partial charge in [-0.1, -0.05) is 11.6 Å². The second-order valence-electron chi connectivity index (χ2n) is 10.2. The van der Waals surface area contributed by atoms with Gasteiger partial charge in [-0.25, -0.2) is 19.2 Å². The van der Waals surface area contributed by atoms with E-state index in [-0.39, 0.29) is 23.2 Å². The van der Waals surface area contributed by atoms with Gasteiger partial charge in [-0.05, 0) is 57.0 Å². The molecular formula is C28H34ClFN6O3. The highest BCUT2D eigenvalue weighted by Gasteiger charge is 2.31. The second kappa shape index (κ2) is 11.8. The van der Waals surface area contributed by atoms with Crippen LogP contribution in [0.15, 0.2) is 36.7 Å². The van der Waals surface area contributed by atoms with Gasteiger partial charge in [0.2, 0.25) is 0 Å². The Labute approximate surface area is 232 Å². The topological polar surface area (TPSA) is 83.1 Å². The van der Waals surface area contributed by atoms with Crippen molar-refractivity contribution in [1.29, 1.82) is 0 Å². The molecule has 1 saturated heterocycles. The van der Waals surface area contributed by atoms with Crippen molar-refractivity contribution in [3.8, 4) is 11.5 Å². The molecule has 11 heteroatoms. The summed E-state index contributed by atoms with van der Waals surface area (Å²) in [6.07, 6.45) is 4.86. The maximum atomic E-state index is 13.6. The van der Waals surface area contributed by atoms with Crippen LogP contribution in [-0.2, 0) is 0 Å². The number of urea groups is 1. The number of carbonyl (C=O) groups is 1. The number of benzene rings is 2. The van der Waals surface area contributed by atoms with E-state index in [9.17, 15) is 9.18 Å².